The molecule has 4 nitrogen and oxygen atoms in total. The van der Waals surface area contributed by atoms with Crippen molar-refractivity contribution in [2.45, 2.75) is 13.0 Å². The van der Waals surface area contributed by atoms with Crippen molar-refractivity contribution in [2.75, 3.05) is 0 Å². The molecule has 0 fully saturated rings. The summed E-state index contributed by atoms with van der Waals surface area (Å²) >= 11 is 0. The van der Waals surface area contributed by atoms with Crippen molar-refractivity contribution >= 4 is 18.4 Å². The first-order valence-corrected chi connectivity index (χ1v) is 5.58. The predicted molar refractivity (Wildman–Crippen MR) is 73.5 cm³/mol. The van der Waals surface area contributed by atoms with E-state index in [1.54, 1.807) is 10.8 Å². The van der Waals surface area contributed by atoms with Gasteiger partial charge in [0.1, 0.15) is 11.8 Å². The van der Waals surface area contributed by atoms with Crippen molar-refractivity contribution in [1.82, 2.24) is 4.57 Å². The van der Waals surface area contributed by atoms with Crippen molar-refractivity contribution in [1.29, 1.82) is 5.26 Å². The predicted octanol–water partition coefficient (Wildman–Crippen LogP) is 2.72. The van der Waals surface area contributed by atoms with E-state index < -0.39 is 5.97 Å². The molecule has 0 aliphatic rings. The molecule has 1 heterocycles. The van der Waals surface area contributed by atoms with Gasteiger partial charge in [-0.25, -0.2) is 4.79 Å². The fourth-order valence-electron chi connectivity index (χ4n) is 1.83. The Morgan fingerprint density at radius 2 is 2.00 bits per heavy atom. The number of benzene rings is 1. The average molecular weight is 277 g/mol. The zero-order valence-electron chi connectivity index (χ0n) is 10.1. The first kappa shape index (κ1) is 14.8. The fourth-order valence-corrected chi connectivity index (χ4v) is 1.83. The van der Waals surface area contributed by atoms with Gasteiger partial charge in [0, 0.05) is 12.7 Å². The summed E-state index contributed by atoms with van der Waals surface area (Å²) in [4.78, 5) is 11.0. The van der Waals surface area contributed by atoms with Crippen LogP contribution in [0.2, 0.25) is 0 Å². The van der Waals surface area contributed by atoms with E-state index in [1.165, 1.54) is 6.07 Å². The molecule has 1 aromatic heterocycles. The first-order valence-electron chi connectivity index (χ1n) is 5.58. The summed E-state index contributed by atoms with van der Waals surface area (Å²) in [5.74, 6) is -1.01. The SMILES string of the molecule is Cl.N#Cc1cc(C(=O)O)n(CCc2ccccc2)c1. The van der Waals surface area contributed by atoms with Crippen molar-refractivity contribution in [3.63, 3.8) is 0 Å². The molecule has 19 heavy (non-hydrogen) atoms. The number of aromatic carboxylic acids is 1. The number of aryl methyl sites for hydroxylation is 2. The number of carboxylic acid groups (broad SMARTS) is 1. The zero-order chi connectivity index (χ0) is 13.0. The molecule has 0 unspecified atom stereocenters. The zero-order valence-corrected chi connectivity index (χ0v) is 10.9. The van der Waals surface area contributed by atoms with Gasteiger partial charge in [-0.15, -0.1) is 12.4 Å². The van der Waals surface area contributed by atoms with Gasteiger partial charge in [0.15, 0.2) is 0 Å². The van der Waals surface area contributed by atoms with Crippen LogP contribution < -0.4 is 0 Å². The number of hydrogen-bond acceptors (Lipinski definition) is 2. The fraction of sp³-hybridized carbons (Fsp3) is 0.143. The van der Waals surface area contributed by atoms with Crippen molar-refractivity contribution in [3.8, 4) is 6.07 Å². The van der Waals surface area contributed by atoms with Crippen molar-refractivity contribution < 1.29 is 9.90 Å². The van der Waals surface area contributed by atoms with E-state index in [-0.39, 0.29) is 18.1 Å². The maximum Gasteiger partial charge on any atom is 0.352 e. The Labute approximate surface area is 117 Å². The number of rotatable bonds is 4. The normalized spacial score (nSPS) is 9.42. The quantitative estimate of drug-likeness (QED) is 0.934. The summed E-state index contributed by atoms with van der Waals surface area (Å²) in [5.41, 5.74) is 1.67. The highest BCUT2D eigenvalue weighted by Gasteiger charge is 2.12. The van der Waals surface area contributed by atoms with Crippen LogP contribution >= 0.6 is 12.4 Å². The largest absolute Gasteiger partial charge is 0.477 e. The van der Waals surface area contributed by atoms with Crippen LogP contribution in [0.3, 0.4) is 0 Å². The van der Waals surface area contributed by atoms with Gasteiger partial charge in [-0.05, 0) is 18.1 Å². The molecule has 0 aliphatic heterocycles. The molecule has 1 N–H and O–H groups in total. The standard InChI is InChI=1S/C14H12N2O2.ClH/c15-9-12-8-13(14(17)18)16(10-12)7-6-11-4-2-1-3-5-11;/h1-5,8,10H,6-7H2,(H,17,18);1H. The lowest BCUT2D eigenvalue weighted by atomic mass is 10.1. The monoisotopic (exact) mass is 276 g/mol. The highest BCUT2D eigenvalue weighted by Crippen LogP contribution is 2.10. The summed E-state index contributed by atoms with van der Waals surface area (Å²) in [6, 6.07) is 13.2. The number of hydrogen-bond donors (Lipinski definition) is 1. The van der Waals surface area contributed by atoms with Gasteiger partial charge >= 0.3 is 5.97 Å². The molecule has 0 atom stereocenters. The van der Waals surface area contributed by atoms with Crippen LogP contribution in [-0.2, 0) is 13.0 Å². The van der Waals surface area contributed by atoms with Crippen molar-refractivity contribution in [3.05, 3.63) is 59.4 Å². The molecule has 0 saturated carbocycles. The number of halogens is 1. The summed E-state index contributed by atoms with van der Waals surface area (Å²) in [6.07, 6.45) is 2.31. The van der Waals surface area contributed by atoms with Gasteiger partial charge in [-0.3, -0.25) is 0 Å². The molecule has 0 saturated heterocycles. The van der Waals surface area contributed by atoms with E-state index in [4.69, 9.17) is 10.4 Å². The third kappa shape index (κ3) is 3.60. The lowest BCUT2D eigenvalue weighted by molar-refractivity contribution is 0.0685. The van der Waals surface area contributed by atoms with E-state index in [0.29, 0.717) is 12.1 Å². The highest BCUT2D eigenvalue weighted by molar-refractivity contribution is 5.86. The molecule has 0 amide bonds. The first-order chi connectivity index (χ1) is 8.70. The number of aromatic nitrogens is 1. The molecule has 0 radical (unpaired) electrons. The van der Waals surface area contributed by atoms with E-state index >= 15 is 0 Å². The maximum atomic E-state index is 11.0. The molecule has 98 valence electrons. The molecule has 0 aliphatic carbocycles. The van der Waals surface area contributed by atoms with E-state index in [9.17, 15) is 4.79 Å². The molecular weight excluding hydrogens is 264 g/mol. The molecule has 5 heteroatoms. The Morgan fingerprint density at radius 1 is 1.32 bits per heavy atom. The lowest BCUT2D eigenvalue weighted by Gasteiger charge is -2.05. The van der Waals surface area contributed by atoms with E-state index in [1.807, 2.05) is 36.4 Å². The number of carboxylic acids is 1. The third-order valence-corrected chi connectivity index (χ3v) is 2.73. The van der Waals surface area contributed by atoms with Crippen LogP contribution in [0.5, 0.6) is 0 Å². The molecule has 0 spiro atoms. The van der Waals surface area contributed by atoms with Crippen LogP contribution in [0.25, 0.3) is 0 Å². The van der Waals surface area contributed by atoms with Crippen LogP contribution in [0, 0.1) is 11.3 Å². The second-order valence-electron chi connectivity index (χ2n) is 3.96. The average Bonchev–Trinajstić information content (AvgIpc) is 2.81. The molecule has 1 aromatic carbocycles. The van der Waals surface area contributed by atoms with Crippen LogP contribution in [0.15, 0.2) is 42.6 Å². The number of nitriles is 1. The van der Waals surface area contributed by atoms with Crippen molar-refractivity contribution in [2.24, 2.45) is 0 Å². The van der Waals surface area contributed by atoms with Gasteiger partial charge in [0.05, 0.1) is 5.56 Å². The van der Waals surface area contributed by atoms with Crippen LogP contribution in [-0.4, -0.2) is 15.6 Å². The summed E-state index contributed by atoms with van der Waals surface area (Å²) in [6.45, 7) is 0.549. The second kappa shape index (κ2) is 6.62. The maximum absolute atomic E-state index is 11.0. The number of nitrogens with zero attached hydrogens (tertiary/aromatic N) is 2. The summed E-state index contributed by atoms with van der Waals surface area (Å²) in [7, 11) is 0. The molecular formula is C14H13ClN2O2. The van der Waals surface area contributed by atoms with E-state index in [0.717, 1.165) is 12.0 Å². The van der Waals surface area contributed by atoms with Gasteiger partial charge in [0.25, 0.3) is 0 Å². The Kier molecular flexibility index (Phi) is 5.16. The van der Waals surface area contributed by atoms with Crippen LogP contribution in [0.4, 0.5) is 0 Å². The van der Waals surface area contributed by atoms with E-state index in [2.05, 4.69) is 0 Å². The minimum atomic E-state index is -1.01. The molecule has 2 aromatic rings. The minimum Gasteiger partial charge on any atom is -0.477 e. The Hall–Kier alpha value is -2.25. The smallest absolute Gasteiger partial charge is 0.352 e. The van der Waals surface area contributed by atoms with Crippen LogP contribution in [0.1, 0.15) is 21.6 Å². The Morgan fingerprint density at radius 3 is 2.58 bits per heavy atom. The molecule has 2 rings (SSSR count). The Bertz CT molecular complexity index is 600. The highest BCUT2D eigenvalue weighted by atomic mass is 35.5. The lowest BCUT2D eigenvalue weighted by Crippen LogP contribution is -2.09. The number of carbonyl (C=O) groups is 1. The third-order valence-electron chi connectivity index (χ3n) is 2.73. The topological polar surface area (TPSA) is 66.0 Å². The minimum absolute atomic E-state index is 0. The summed E-state index contributed by atoms with van der Waals surface area (Å²) < 4.78 is 1.61. The Balaban J connectivity index is 0.00000180. The second-order valence-corrected chi connectivity index (χ2v) is 3.96. The molecule has 0 bridgehead atoms. The van der Waals surface area contributed by atoms with Gasteiger partial charge in [-0.2, -0.15) is 5.26 Å². The van der Waals surface area contributed by atoms with Gasteiger partial charge < -0.3 is 9.67 Å². The summed E-state index contributed by atoms with van der Waals surface area (Å²) in [5, 5.41) is 17.8. The van der Waals surface area contributed by atoms with Gasteiger partial charge in [-0.1, -0.05) is 30.3 Å². The van der Waals surface area contributed by atoms with Gasteiger partial charge in [0.2, 0.25) is 0 Å².